The number of carbonyl (C=O) groups is 2. The second-order valence-electron chi connectivity index (χ2n) is 4.11. The largest absolute Gasteiger partial charge is 0.478 e. The molecule has 0 atom stereocenters. The minimum absolute atomic E-state index is 0.0228. The van der Waals surface area contributed by atoms with Gasteiger partial charge in [-0.25, -0.2) is 9.59 Å². The van der Waals surface area contributed by atoms with Crippen molar-refractivity contribution in [2.24, 2.45) is 0 Å². The first-order valence-corrected chi connectivity index (χ1v) is 5.96. The molecule has 2 aromatic rings. The maximum Gasteiger partial charge on any atom is 0.411 e. The highest BCUT2D eigenvalue weighted by atomic mass is 16.5. The second-order valence-corrected chi connectivity index (χ2v) is 4.11. The molecule has 0 bridgehead atoms. The first-order valence-electron chi connectivity index (χ1n) is 5.96. The molecule has 0 aliphatic rings. The van der Waals surface area contributed by atoms with Crippen molar-refractivity contribution in [1.29, 1.82) is 0 Å². The number of amides is 1. The Morgan fingerprint density at radius 2 is 2.14 bits per heavy atom. The van der Waals surface area contributed by atoms with Crippen molar-refractivity contribution in [3.05, 3.63) is 53.0 Å². The van der Waals surface area contributed by atoms with Crippen LogP contribution in [0.4, 0.5) is 10.5 Å². The normalized spacial score (nSPS) is 10.1. The minimum Gasteiger partial charge on any atom is -0.478 e. The number of ether oxygens (including phenoxy) is 1. The molecule has 0 unspecified atom stereocenters. The van der Waals surface area contributed by atoms with Crippen LogP contribution in [-0.4, -0.2) is 28.8 Å². The summed E-state index contributed by atoms with van der Waals surface area (Å²) in [6.07, 6.45) is 1.86. The first-order chi connectivity index (χ1) is 10.0. The number of aromatic amines is 1. The fourth-order valence-corrected chi connectivity index (χ4v) is 1.80. The van der Waals surface area contributed by atoms with Crippen molar-refractivity contribution in [1.82, 2.24) is 4.98 Å². The summed E-state index contributed by atoms with van der Waals surface area (Å²) >= 11 is 0. The predicted octanol–water partition coefficient (Wildman–Crippen LogP) is 1.96. The van der Waals surface area contributed by atoms with Crippen LogP contribution < -0.4 is 10.9 Å². The molecule has 0 aliphatic heterocycles. The Hall–Kier alpha value is -3.09. The van der Waals surface area contributed by atoms with Gasteiger partial charge in [0, 0.05) is 22.7 Å². The number of rotatable bonds is 4. The fraction of sp³-hybridized carbons (Fsp3) is 0.0714. The number of anilines is 1. The second kappa shape index (κ2) is 5.91. The van der Waals surface area contributed by atoms with Crippen LogP contribution in [-0.2, 0) is 4.74 Å². The standard InChI is InChI=1S/C14H12N2O5/c1-2-5-21-14(20)16-8-3-4-9-10(6-8)12(17)15-7-11(9)13(18)19/h2-4,6-7H,1,5H2,(H,15,17)(H,16,20)(H,18,19). The van der Waals surface area contributed by atoms with Crippen molar-refractivity contribution in [3.8, 4) is 0 Å². The van der Waals surface area contributed by atoms with Gasteiger partial charge in [-0.05, 0) is 12.1 Å². The number of aromatic carboxylic acids is 1. The number of carboxylic acids is 1. The van der Waals surface area contributed by atoms with E-state index >= 15 is 0 Å². The maximum absolute atomic E-state index is 11.8. The number of nitrogens with one attached hydrogen (secondary N) is 2. The van der Waals surface area contributed by atoms with Gasteiger partial charge in [-0.2, -0.15) is 0 Å². The molecule has 0 radical (unpaired) electrons. The van der Waals surface area contributed by atoms with E-state index in [-0.39, 0.29) is 22.9 Å². The summed E-state index contributed by atoms with van der Waals surface area (Å²) < 4.78 is 4.75. The smallest absolute Gasteiger partial charge is 0.411 e. The average molecular weight is 288 g/mol. The topological polar surface area (TPSA) is 108 Å². The number of pyridine rings is 1. The van der Waals surface area contributed by atoms with Gasteiger partial charge in [-0.3, -0.25) is 10.1 Å². The van der Waals surface area contributed by atoms with Gasteiger partial charge in [0.2, 0.25) is 0 Å². The number of carbonyl (C=O) groups excluding carboxylic acids is 1. The molecule has 0 saturated heterocycles. The van der Waals surface area contributed by atoms with Crippen molar-refractivity contribution in [2.75, 3.05) is 11.9 Å². The van der Waals surface area contributed by atoms with Crippen LogP contribution in [0.1, 0.15) is 10.4 Å². The first kappa shape index (κ1) is 14.3. The SMILES string of the molecule is C=CCOC(=O)Nc1ccc2c(C(=O)O)c[nH]c(=O)c2c1. The lowest BCUT2D eigenvalue weighted by Crippen LogP contribution is -2.15. The lowest BCUT2D eigenvalue weighted by Gasteiger charge is -2.07. The molecule has 7 heteroatoms. The van der Waals surface area contributed by atoms with E-state index in [9.17, 15) is 14.4 Å². The number of hydrogen-bond donors (Lipinski definition) is 3. The lowest BCUT2D eigenvalue weighted by atomic mass is 10.1. The number of H-pyrrole nitrogens is 1. The van der Waals surface area contributed by atoms with E-state index in [1.165, 1.54) is 24.3 Å². The van der Waals surface area contributed by atoms with Crippen molar-refractivity contribution in [3.63, 3.8) is 0 Å². The minimum atomic E-state index is -1.15. The molecule has 0 saturated carbocycles. The molecule has 0 aliphatic carbocycles. The fourth-order valence-electron chi connectivity index (χ4n) is 1.80. The molecule has 0 fully saturated rings. The van der Waals surface area contributed by atoms with Gasteiger partial charge in [-0.1, -0.05) is 18.7 Å². The number of fused-ring (bicyclic) bond motifs is 1. The van der Waals surface area contributed by atoms with E-state index in [0.29, 0.717) is 5.69 Å². The van der Waals surface area contributed by atoms with Crippen LogP contribution in [0.2, 0.25) is 0 Å². The van der Waals surface area contributed by atoms with Gasteiger partial charge in [0.1, 0.15) is 6.61 Å². The van der Waals surface area contributed by atoms with E-state index in [1.54, 1.807) is 0 Å². The summed E-state index contributed by atoms with van der Waals surface area (Å²) in [5.41, 5.74) is -0.145. The van der Waals surface area contributed by atoms with Gasteiger partial charge < -0.3 is 14.8 Å². The Morgan fingerprint density at radius 1 is 1.38 bits per heavy atom. The van der Waals surface area contributed by atoms with Crippen LogP contribution in [0, 0.1) is 0 Å². The Bertz CT molecular complexity index is 779. The van der Waals surface area contributed by atoms with Crippen LogP contribution in [0.5, 0.6) is 0 Å². The van der Waals surface area contributed by atoms with Gasteiger partial charge in [0.15, 0.2) is 0 Å². The third-order valence-electron chi connectivity index (χ3n) is 2.71. The number of carboxylic acid groups (broad SMARTS) is 1. The Kier molecular flexibility index (Phi) is 4.03. The Balaban J connectivity index is 2.40. The predicted molar refractivity (Wildman–Crippen MR) is 76.7 cm³/mol. The van der Waals surface area contributed by atoms with Gasteiger partial charge >= 0.3 is 12.1 Å². The molecule has 2 rings (SSSR count). The summed E-state index contributed by atoms with van der Waals surface area (Å²) in [6.45, 7) is 3.47. The average Bonchev–Trinajstić information content (AvgIpc) is 2.45. The van der Waals surface area contributed by atoms with E-state index < -0.39 is 17.6 Å². The van der Waals surface area contributed by atoms with Crippen LogP contribution in [0.3, 0.4) is 0 Å². The molecule has 1 aromatic heterocycles. The van der Waals surface area contributed by atoms with Gasteiger partial charge in [-0.15, -0.1) is 0 Å². The van der Waals surface area contributed by atoms with Crippen molar-refractivity contribution < 1.29 is 19.4 Å². The number of benzene rings is 1. The third kappa shape index (κ3) is 3.08. The number of aromatic nitrogens is 1. The molecular formula is C14H12N2O5. The summed E-state index contributed by atoms with van der Waals surface area (Å²) in [7, 11) is 0. The zero-order valence-electron chi connectivity index (χ0n) is 10.9. The summed E-state index contributed by atoms with van der Waals surface area (Å²) in [4.78, 5) is 36.6. The number of hydrogen-bond acceptors (Lipinski definition) is 4. The van der Waals surface area contributed by atoms with Gasteiger partial charge in [0.05, 0.1) is 5.56 Å². The molecule has 7 nitrogen and oxygen atoms in total. The van der Waals surface area contributed by atoms with Crippen LogP contribution in [0.25, 0.3) is 10.8 Å². The quantitative estimate of drug-likeness (QED) is 0.745. The highest BCUT2D eigenvalue weighted by molar-refractivity contribution is 6.04. The zero-order valence-corrected chi connectivity index (χ0v) is 10.9. The molecule has 1 aromatic carbocycles. The highest BCUT2D eigenvalue weighted by Crippen LogP contribution is 2.19. The van der Waals surface area contributed by atoms with E-state index in [0.717, 1.165) is 6.20 Å². The third-order valence-corrected chi connectivity index (χ3v) is 2.71. The van der Waals surface area contributed by atoms with E-state index in [4.69, 9.17) is 9.84 Å². The Morgan fingerprint density at radius 3 is 2.81 bits per heavy atom. The van der Waals surface area contributed by atoms with Crippen molar-refractivity contribution in [2.45, 2.75) is 0 Å². The summed E-state index contributed by atoms with van der Waals surface area (Å²) in [5.74, 6) is -1.15. The molecule has 1 heterocycles. The summed E-state index contributed by atoms with van der Waals surface area (Å²) in [5, 5.41) is 12.0. The van der Waals surface area contributed by atoms with Gasteiger partial charge in [0.25, 0.3) is 5.56 Å². The lowest BCUT2D eigenvalue weighted by molar-refractivity contribution is 0.0698. The molecule has 0 spiro atoms. The molecule has 21 heavy (non-hydrogen) atoms. The zero-order chi connectivity index (χ0) is 15.4. The summed E-state index contributed by atoms with van der Waals surface area (Å²) in [6, 6.07) is 4.33. The molecule has 108 valence electrons. The molecule has 3 N–H and O–H groups in total. The maximum atomic E-state index is 11.8. The van der Waals surface area contributed by atoms with E-state index in [1.807, 2.05) is 0 Å². The Labute approximate surface area is 118 Å². The molecular weight excluding hydrogens is 276 g/mol. The van der Waals surface area contributed by atoms with Crippen LogP contribution in [0.15, 0.2) is 41.8 Å². The van der Waals surface area contributed by atoms with Crippen molar-refractivity contribution >= 4 is 28.5 Å². The molecule has 1 amide bonds. The monoisotopic (exact) mass is 288 g/mol. The van der Waals surface area contributed by atoms with E-state index in [2.05, 4.69) is 16.9 Å². The van der Waals surface area contributed by atoms with Crippen LogP contribution >= 0.6 is 0 Å². The highest BCUT2D eigenvalue weighted by Gasteiger charge is 2.12.